The van der Waals surface area contributed by atoms with Gasteiger partial charge in [-0.25, -0.2) is 0 Å². The Labute approximate surface area is 119 Å². The Morgan fingerprint density at radius 3 is 2.67 bits per heavy atom. The van der Waals surface area contributed by atoms with Crippen molar-refractivity contribution in [3.05, 3.63) is 34.3 Å². The van der Waals surface area contributed by atoms with Crippen LogP contribution < -0.4 is 5.73 Å². The van der Waals surface area contributed by atoms with Crippen molar-refractivity contribution in [1.29, 1.82) is 0 Å². The molecule has 1 fully saturated rings. The van der Waals surface area contributed by atoms with Gasteiger partial charge in [-0.15, -0.1) is 0 Å². The average molecular weight is 311 g/mol. The van der Waals surface area contributed by atoms with E-state index in [9.17, 15) is 0 Å². The Morgan fingerprint density at radius 1 is 1.44 bits per heavy atom. The lowest BCUT2D eigenvalue weighted by Gasteiger charge is -2.41. The molecule has 2 rings (SSSR count). The van der Waals surface area contributed by atoms with Crippen LogP contribution >= 0.6 is 15.9 Å². The van der Waals surface area contributed by atoms with Crippen LogP contribution in [0.3, 0.4) is 0 Å². The highest BCUT2D eigenvalue weighted by atomic mass is 79.9. The molecule has 1 aromatic carbocycles. The number of rotatable bonds is 6. The zero-order valence-electron chi connectivity index (χ0n) is 11.3. The number of halogens is 1. The van der Waals surface area contributed by atoms with Crippen molar-refractivity contribution in [1.82, 2.24) is 4.90 Å². The van der Waals surface area contributed by atoms with Crippen LogP contribution in [0.2, 0.25) is 0 Å². The van der Waals surface area contributed by atoms with E-state index in [1.54, 1.807) is 0 Å². The smallest absolute Gasteiger partial charge is 0.0357 e. The Hall–Kier alpha value is -0.380. The highest BCUT2D eigenvalue weighted by Gasteiger charge is 2.45. The predicted molar refractivity (Wildman–Crippen MR) is 80.4 cm³/mol. The van der Waals surface area contributed by atoms with Crippen LogP contribution in [0, 0.1) is 5.92 Å². The van der Waals surface area contributed by atoms with Crippen LogP contribution in [-0.2, 0) is 6.54 Å². The fourth-order valence-corrected chi connectivity index (χ4v) is 3.47. The molecule has 1 aromatic rings. The van der Waals surface area contributed by atoms with E-state index < -0.39 is 0 Å². The van der Waals surface area contributed by atoms with Gasteiger partial charge in [0.1, 0.15) is 0 Å². The molecule has 2 N–H and O–H groups in total. The van der Waals surface area contributed by atoms with Crippen LogP contribution in [0.1, 0.15) is 31.7 Å². The molecule has 0 spiro atoms. The molecule has 0 amide bonds. The first-order valence-electron chi connectivity index (χ1n) is 6.78. The van der Waals surface area contributed by atoms with Gasteiger partial charge in [0.15, 0.2) is 0 Å². The fraction of sp³-hybridized carbons (Fsp3) is 0.600. The molecule has 1 saturated carbocycles. The zero-order chi connectivity index (χ0) is 13.2. The van der Waals surface area contributed by atoms with E-state index in [4.69, 9.17) is 5.73 Å². The summed E-state index contributed by atoms with van der Waals surface area (Å²) in [4.78, 5) is 2.46. The maximum absolute atomic E-state index is 6.09. The zero-order valence-corrected chi connectivity index (χ0v) is 12.9. The highest BCUT2D eigenvalue weighted by molar-refractivity contribution is 9.10. The second-order valence-electron chi connectivity index (χ2n) is 5.42. The quantitative estimate of drug-likeness (QED) is 0.872. The van der Waals surface area contributed by atoms with Gasteiger partial charge in [-0.3, -0.25) is 4.90 Å². The average Bonchev–Trinajstić information content (AvgIpc) is 3.16. The first-order valence-corrected chi connectivity index (χ1v) is 7.57. The number of benzene rings is 1. The second-order valence-corrected chi connectivity index (χ2v) is 6.34. The summed E-state index contributed by atoms with van der Waals surface area (Å²) in [5.41, 5.74) is 7.64. The number of hydrogen-bond acceptors (Lipinski definition) is 2. The van der Waals surface area contributed by atoms with E-state index in [-0.39, 0.29) is 5.54 Å². The molecule has 3 heteroatoms. The number of likely N-dealkylation sites (N-methyl/N-ethyl adjacent to an activating group) is 1. The summed E-state index contributed by atoms with van der Waals surface area (Å²) in [5.74, 6) is 0.796. The van der Waals surface area contributed by atoms with E-state index in [0.29, 0.717) is 0 Å². The molecule has 1 unspecified atom stereocenters. The molecule has 2 nitrogen and oxygen atoms in total. The van der Waals surface area contributed by atoms with Crippen molar-refractivity contribution in [2.75, 3.05) is 13.6 Å². The molecule has 0 aromatic heterocycles. The summed E-state index contributed by atoms with van der Waals surface area (Å²) in [5, 5.41) is 0. The van der Waals surface area contributed by atoms with Crippen molar-refractivity contribution < 1.29 is 0 Å². The van der Waals surface area contributed by atoms with Gasteiger partial charge in [-0.05, 0) is 49.9 Å². The predicted octanol–water partition coefficient (Wildman–Crippen LogP) is 3.40. The minimum absolute atomic E-state index is 0.197. The number of hydrogen-bond donors (Lipinski definition) is 1. The van der Waals surface area contributed by atoms with Gasteiger partial charge in [0.2, 0.25) is 0 Å². The molecule has 18 heavy (non-hydrogen) atoms. The lowest BCUT2D eigenvalue weighted by atomic mass is 9.88. The lowest BCUT2D eigenvalue weighted by molar-refractivity contribution is 0.0891. The van der Waals surface area contributed by atoms with Gasteiger partial charge in [-0.1, -0.05) is 35.0 Å². The first kappa shape index (κ1) is 14.0. The topological polar surface area (TPSA) is 29.3 Å². The fourth-order valence-electron chi connectivity index (χ4n) is 3.02. The molecule has 0 aliphatic heterocycles. The third kappa shape index (κ3) is 2.79. The van der Waals surface area contributed by atoms with Crippen molar-refractivity contribution in [3.63, 3.8) is 0 Å². The second kappa shape index (κ2) is 5.72. The molecule has 100 valence electrons. The van der Waals surface area contributed by atoms with Crippen LogP contribution in [-0.4, -0.2) is 24.0 Å². The molecule has 0 bridgehead atoms. The summed E-state index contributed by atoms with van der Waals surface area (Å²) in [6, 6.07) is 8.55. The summed E-state index contributed by atoms with van der Waals surface area (Å²) in [7, 11) is 2.22. The Morgan fingerprint density at radius 2 is 2.17 bits per heavy atom. The largest absolute Gasteiger partial charge is 0.329 e. The van der Waals surface area contributed by atoms with Crippen molar-refractivity contribution in [2.45, 2.75) is 38.3 Å². The van der Waals surface area contributed by atoms with Crippen LogP contribution in [0.25, 0.3) is 0 Å². The molecule has 0 radical (unpaired) electrons. The summed E-state index contributed by atoms with van der Waals surface area (Å²) >= 11 is 3.53. The molecule has 0 heterocycles. The standard InChI is InChI=1S/C15H23BrN2/c1-3-15(11-17,13-7-8-13)18(2)10-12-5-4-6-14(16)9-12/h4-6,9,13H,3,7-8,10-11,17H2,1-2H3. The third-order valence-electron chi connectivity index (χ3n) is 4.37. The number of nitrogens with zero attached hydrogens (tertiary/aromatic N) is 1. The van der Waals surface area contributed by atoms with Gasteiger partial charge >= 0.3 is 0 Å². The molecule has 1 aliphatic carbocycles. The Bertz CT molecular complexity index is 397. The Kier molecular flexibility index (Phi) is 4.46. The molecule has 0 saturated heterocycles. The van der Waals surface area contributed by atoms with Crippen LogP contribution in [0.4, 0.5) is 0 Å². The first-order chi connectivity index (χ1) is 8.62. The molecule has 1 aliphatic rings. The Balaban J connectivity index is 2.12. The van der Waals surface area contributed by atoms with E-state index in [0.717, 1.165) is 29.9 Å². The van der Waals surface area contributed by atoms with Gasteiger partial charge in [0.05, 0.1) is 0 Å². The molecular weight excluding hydrogens is 288 g/mol. The minimum Gasteiger partial charge on any atom is -0.329 e. The van der Waals surface area contributed by atoms with Gasteiger partial charge in [-0.2, -0.15) is 0 Å². The maximum atomic E-state index is 6.09. The normalized spacial score (nSPS) is 18.9. The van der Waals surface area contributed by atoms with Crippen LogP contribution in [0.5, 0.6) is 0 Å². The van der Waals surface area contributed by atoms with Gasteiger partial charge in [0, 0.05) is 23.1 Å². The molecular formula is C15H23BrN2. The third-order valence-corrected chi connectivity index (χ3v) is 4.87. The summed E-state index contributed by atoms with van der Waals surface area (Å²) in [6.45, 7) is 4.00. The van der Waals surface area contributed by atoms with Crippen LogP contribution in [0.15, 0.2) is 28.7 Å². The minimum atomic E-state index is 0.197. The maximum Gasteiger partial charge on any atom is 0.0357 e. The summed E-state index contributed by atoms with van der Waals surface area (Å²) < 4.78 is 1.15. The monoisotopic (exact) mass is 310 g/mol. The van der Waals surface area contributed by atoms with E-state index in [2.05, 4.69) is 59.1 Å². The van der Waals surface area contributed by atoms with Gasteiger partial charge < -0.3 is 5.73 Å². The van der Waals surface area contributed by atoms with Crippen molar-refractivity contribution >= 4 is 15.9 Å². The summed E-state index contributed by atoms with van der Waals surface area (Å²) in [6.07, 6.45) is 3.82. The van der Waals surface area contributed by atoms with E-state index >= 15 is 0 Å². The molecule has 1 atom stereocenters. The van der Waals surface area contributed by atoms with Gasteiger partial charge in [0.25, 0.3) is 0 Å². The lowest BCUT2D eigenvalue weighted by Crippen LogP contribution is -2.53. The van der Waals surface area contributed by atoms with Crippen molar-refractivity contribution in [3.8, 4) is 0 Å². The van der Waals surface area contributed by atoms with E-state index in [1.165, 1.54) is 18.4 Å². The van der Waals surface area contributed by atoms with Crippen molar-refractivity contribution in [2.24, 2.45) is 11.7 Å². The van der Waals surface area contributed by atoms with E-state index in [1.807, 2.05) is 0 Å². The highest BCUT2D eigenvalue weighted by Crippen LogP contribution is 2.44. The number of nitrogens with two attached hydrogens (primary N) is 1. The SMILES string of the molecule is CCC(CN)(C1CC1)N(C)Cc1cccc(Br)c1.